The Morgan fingerprint density at radius 1 is 1.05 bits per heavy atom. The van der Waals surface area contributed by atoms with Gasteiger partial charge in [0.15, 0.2) is 0 Å². The van der Waals surface area contributed by atoms with Gasteiger partial charge in [0.2, 0.25) is 0 Å². The van der Waals surface area contributed by atoms with Crippen LogP contribution >= 0.6 is 0 Å². The van der Waals surface area contributed by atoms with E-state index in [1.54, 1.807) is 0 Å². The monoisotopic (exact) mass is 279 g/mol. The molecule has 0 aromatic heterocycles. The molecule has 1 heteroatoms. The summed E-state index contributed by atoms with van der Waals surface area (Å²) in [6.07, 6.45) is 4.98. The highest BCUT2D eigenvalue weighted by atomic mass is 14.6. The second kappa shape index (κ2) is 6.03. The van der Waals surface area contributed by atoms with E-state index >= 15 is 0 Å². The van der Waals surface area contributed by atoms with Crippen LogP contribution < -0.4 is 5.73 Å². The van der Waals surface area contributed by atoms with Crippen LogP contribution in [0.5, 0.6) is 0 Å². The van der Waals surface area contributed by atoms with Crippen molar-refractivity contribution in [2.24, 2.45) is 5.73 Å². The second-order valence-corrected chi connectivity index (χ2v) is 6.53. The van der Waals surface area contributed by atoms with Crippen molar-refractivity contribution in [1.82, 2.24) is 0 Å². The molecule has 0 heterocycles. The highest BCUT2D eigenvalue weighted by molar-refractivity contribution is 5.33. The molecule has 0 bridgehead atoms. The average molecular weight is 279 g/mol. The van der Waals surface area contributed by atoms with Crippen molar-refractivity contribution < 1.29 is 0 Å². The smallest absolute Gasteiger partial charge is 0.0335 e. The lowest BCUT2D eigenvalue weighted by molar-refractivity contribution is 0.419. The Kier molecular flexibility index (Phi) is 4.12. The van der Waals surface area contributed by atoms with E-state index in [1.165, 1.54) is 47.1 Å². The Hall–Kier alpha value is -1.60. The minimum Gasteiger partial charge on any atom is -0.324 e. The maximum Gasteiger partial charge on any atom is 0.0335 e. The lowest BCUT2D eigenvalue weighted by atomic mass is 9.79. The predicted molar refractivity (Wildman–Crippen MR) is 89.6 cm³/mol. The van der Waals surface area contributed by atoms with E-state index in [9.17, 15) is 0 Å². The minimum atomic E-state index is 0.0899. The molecule has 21 heavy (non-hydrogen) atoms. The van der Waals surface area contributed by atoms with Crippen LogP contribution in [0.2, 0.25) is 0 Å². The van der Waals surface area contributed by atoms with Gasteiger partial charge in [-0.25, -0.2) is 0 Å². The van der Waals surface area contributed by atoms with E-state index in [1.807, 2.05) is 0 Å². The SMILES string of the molecule is Cc1ccc(CC(N)c2cccc(C3CCC3)c2)cc1C. The van der Waals surface area contributed by atoms with Crippen LogP contribution in [0, 0.1) is 13.8 Å². The molecule has 1 unspecified atom stereocenters. The number of nitrogens with two attached hydrogens (primary N) is 1. The molecule has 3 rings (SSSR count). The lowest BCUT2D eigenvalue weighted by Crippen LogP contribution is -2.15. The molecule has 1 aliphatic rings. The van der Waals surface area contributed by atoms with E-state index < -0.39 is 0 Å². The zero-order valence-electron chi connectivity index (χ0n) is 13.1. The molecule has 2 aromatic rings. The molecule has 0 radical (unpaired) electrons. The first kappa shape index (κ1) is 14.3. The van der Waals surface area contributed by atoms with Gasteiger partial charge >= 0.3 is 0 Å². The molecule has 0 spiro atoms. The topological polar surface area (TPSA) is 26.0 Å². The summed E-state index contributed by atoms with van der Waals surface area (Å²) < 4.78 is 0. The van der Waals surface area contributed by atoms with Gasteiger partial charge in [-0.1, -0.05) is 48.9 Å². The molecule has 1 saturated carbocycles. The molecule has 1 nitrogen and oxygen atoms in total. The summed E-state index contributed by atoms with van der Waals surface area (Å²) in [4.78, 5) is 0. The summed E-state index contributed by atoms with van der Waals surface area (Å²) >= 11 is 0. The van der Waals surface area contributed by atoms with Crippen LogP contribution in [-0.4, -0.2) is 0 Å². The van der Waals surface area contributed by atoms with Crippen molar-refractivity contribution in [3.63, 3.8) is 0 Å². The fraction of sp³-hybridized carbons (Fsp3) is 0.400. The fourth-order valence-corrected chi connectivity index (χ4v) is 3.09. The molecule has 0 saturated heterocycles. The number of rotatable bonds is 4. The van der Waals surface area contributed by atoms with Gasteiger partial charge in [0, 0.05) is 6.04 Å². The summed E-state index contributed by atoms with van der Waals surface area (Å²) in [6.45, 7) is 4.32. The van der Waals surface area contributed by atoms with E-state index in [4.69, 9.17) is 5.73 Å². The molecule has 1 atom stereocenters. The first-order valence-corrected chi connectivity index (χ1v) is 8.05. The summed E-state index contributed by atoms with van der Waals surface area (Å²) in [6, 6.07) is 15.7. The van der Waals surface area contributed by atoms with Crippen molar-refractivity contribution in [2.75, 3.05) is 0 Å². The van der Waals surface area contributed by atoms with Gasteiger partial charge in [-0.3, -0.25) is 0 Å². The van der Waals surface area contributed by atoms with Crippen LogP contribution in [0.1, 0.15) is 59.0 Å². The van der Waals surface area contributed by atoms with Gasteiger partial charge in [-0.15, -0.1) is 0 Å². The first-order valence-electron chi connectivity index (χ1n) is 8.05. The van der Waals surface area contributed by atoms with Crippen molar-refractivity contribution in [2.45, 2.75) is 51.5 Å². The van der Waals surface area contributed by atoms with E-state index in [2.05, 4.69) is 56.3 Å². The van der Waals surface area contributed by atoms with Gasteiger partial charge < -0.3 is 5.73 Å². The Balaban J connectivity index is 1.75. The van der Waals surface area contributed by atoms with Crippen LogP contribution in [0.15, 0.2) is 42.5 Å². The average Bonchev–Trinajstić information content (AvgIpc) is 2.41. The summed E-state index contributed by atoms with van der Waals surface area (Å²) in [5.41, 5.74) is 13.2. The maximum atomic E-state index is 6.44. The number of hydrogen-bond donors (Lipinski definition) is 1. The van der Waals surface area contributed by atoms with Gasteiger partial charge in [0.25, 0.3) is 0 Å². The lowest BCUT2D eigenvalue weighted by Gasteiger charge is -2.26. The molecular formula is C20H25N. The molecule has 0 amide bonds. The van der Waals surface area contributed by atoms with Crippen molar-refractivity contribution in [3.05, 3.63) is 70.3 Å². The highest BCUT2D eigenvalue weighted by Gasteiger charge is 2.20. The molecule has 0 aliphatic heterocycles. The van der Waals surface area contributed by atoms with Crippen molar-refractivity contribution in [1.29, 1.82) is 0 Å². The van der Waals surface area contributed by atoms with Gasteiger partial charge in [-0.2, -0.15) is 0 Å². The first-order chi connectivity index (χ1) is 10.1. The molecule has 110 valence electrons. The minimum absolute atomic E-state index is 0.0899. The van der Waals surface area contributed by atoms with E-state index in [0.29, 0.717) is 0 Å². The zero-order valence-corrected chi connectivity index (χ0v) is 13.1. The Morgan fingerprint density at radius 3 is 2.52 bits per heavy atom. The van der Waals surface area contributed by atoms with Crippen LogP contribution in [-0.2, 0) is 6.42 Å². The van der Waals surface area contributed by atoms with Gasteiger partial charge in [0.1, 0.15) is 0 Å². The Labute approximate surface area is 128 Å². The summed E-state index contributed by atoms with van der Waals surface area (Å²) in [5, 5.41) is 0. The largest absolute Gasteiger partial charge is 0.324 e. The van der Waals surface area contributed by atoms with E-state index in [-0.39, 0.29) is 6.04 Å². The third-order valence-corrected chi connectivity index (χ3v) is 4.94. The molecular weight excluding hydrogens is 254 g/mol. The third-order valence-electron chi connectivity index (χ3n) is 4.94. The standard InChI is InChI=1S/C20H25N/c1-14-9-10-16(11-15(14)2)12-20(21)19-8-4-7-18(13-19)17-5-3-6-17/h4,7-11,13,17,20H,3,5-6,12,21H2,1-2H3. The third kappa shape index (κ3) is 3.19. The predicted octanol–water partition coefficient (Wildman–Crippen LogP) is 4.81. The summed E-state index contributed by atoms with van der Waals surface area (Å²) in [5.74, 6) is 0.777. The molecule has 1 fully saturated rings. The number of aryl methyl sites for hydroxylation is 2. The Bertz CT molecular complexity index is 625. The highest BCUT2D eigenvalue weighted by Crippen LogP contribution is 2.37. The number of benzene rings is 2. The number of hydrogen-bond acceptors (Lipinski definition) is 1. The van der Waals surface area contributed by atoms with Crippen LogP contribution in [0.4, 0.5) is 0 Å². The molecule has 1 aliphatic carbocycles. The fourth-order valence-electron chi connectivity index (χ4n) is 3.09. The summed E-state index contributed by atoms with van der Waals surface area (Å²) in [7, 11) is 0. The molecule has 2 aromatic carbocycles. The van der Waals surface area contributed by atoms with Gasteiger partial charge in [-0.05, 0) is 66.8 Å². The van der Waals surface area contributed by atoms with E-state index in [0.717, 1.165) is 12.3 Å². The maximum absolute atomic E-state index is 6.44. The van der Waals surface area contributed by atoms with Crippen molar-refractivity contribution in [3.8, 4) is 0 Å². The van der Waals surface area contributed by atoms with Crippen LogP contribution in [0.25, 0.3) is 0 Å². The quantitative estimate of drug-likeness (QED) is 0.853. The zero-order chi connectivity index (χ0) is 14.8. The molecule has 2 N–H and O–H groups in total. The second-order valence-electron chi connectivity index (χ2n) is 6.53. The normalized spacial score (nSPS) is 16.5. The van der Waals surface area contributed by atoms with Gasteiger partial charge in [0.05, 0.1) is 0 Å². The van der Waals surface area contributed by atoms with Crippen molar-refractivity contribution >= 4 is 0 Å². The Morgan fingerprint density at radius 2 is 1.86 bits per heavy atom. The van der Waals surface area contributed by atoms with Crippen LogP contribution in [0.3, 0.4) is 0 Å².